The number of amides is 3. The zero-order valence-electron chi connectivity index (χ0n) is 24.4. The van der Waals surface area contributed by atoms with Gasteiger partial charge in [0.1, 0.15) is 6.04 Å². The van der Waals surface area contributed by atoms with Gasteiger partial charge in [-0.2, -0.15) is 0 Å². The molecule has 1 saturated heterocycles. The van der Waals surface area contributed by atoms with E-state index in [4.69, 9.17) is 4.74 Å². The van der Waals surface area contributed by atoms with Crippen molar-refractivity contribution >= 4 is 30.6 Å². The number of benzene rings is 2. The molecule has 222 valence electrons. The molecule has 3 amide bonds. The van der Waals surface area contributed by atoms with E-state index in [1.54, 1.807) is 30.9 Å². The van der Waals surface area contributed by atoms with Crippen molar-refractivity contribution in [3.8, 4) is 0 Å². The van der Waals surface area contributed by atoms with Crippen LogP contribution in [0.4, 0.5) is 5.82 Å². The highest BCUT2D eigenvalue weighted by Crippen LogP contribution is 2.18. The van der Waals surface area contributed by atoms with Gasteiger partial charge in [0.2, 0.25) is 5.91 Å². The van der Waals surface area contributed by atoms with E-state index in [9.17, 15) is 19.4 Å². The summed E-state index contributed by atoms with van der Waals surface area (Å²) < 4.78 is 7.58. The highest BCUT2D eigenvalue weighted by molar-refractivity contribution is 6.46. The van der Waals surface area contributed by atoms with Crippen LogP contribution >= 0.6 is 0 Å². The fourth-order valence-corrected chi connectivity index (χ4v) is 4.86. The van der Waals surface area contributed by atoms with E-state index in [1.165, 1.54) is 6.82 Å². The third-order valence-corrected chi connectivity index (χ3v) is 7.03. The van der Waals surface area contributed by atoms with Crippen LogP contribution in [0.3, 0.4) is 0 Å². The lowest BCUT2D eigenvalue weighted by Crippen LogP contribution is -2.60. The van der Waals surface area contributed by atoms with Gasteiger partial charge in [0.25, 0.3) is 11.8 Å². The molecule has 0 saturated carbocycles. The lowest BCUT2D eigenvalue weighted by molar-refractivity contribution is -0.131. The third-order valence-electron chi connectivity index (χ3n) is 7.03. The fraction of sp³-hybridized carbons (Fsp3) is 0.400. The van der Waals surface area contributed by atoms with Crippen LogP contribution in [0.5, 0.6) is 0 Å². The standard InChI is InChI=1S/C30H39BN6O5/c1-30(2,35-31(3)41)29(40)33-25(20-42-19-22-11-5-4-6-12-22)27(38)34-26-18-36(21-32-26)17-23-13-7-8-14-24(23)28(39)37-15-9-10-16-37/h4-8,11-14,18,21,25,35,41H,9-10,15-17,19-20H2,1-3H3,(H,33,40)(H,34,38). The van der Waals surface area contributed by atoms with Gasteiger partial charge >= 0.3 is 7.05 Å². The highest BCUT2D eigenvalue weighted by atomic mass is 16.5. The maximum Gasteiger partial charge on any atom is 0.374 e. The zero-order valence-corrected chi connectivity index (χ0v) is 24.4. The predicted molar refractivity (Wildman–Crippen MR) is 161 cm³/mol. The summed E-state index contributed by atoms with van der Waals surface area (Å²) >= 11 is 0. The number of hydrogen-bond acceptors (Lipinski definition) is 7. The Morgan fingerprint density at radius 1 is 1.07 bits per heavy atom. The molecule has 2 heterocycles. The van der Waals surface area contributed by atoms with Crippen LogP contribution in [-0.4, -0.2) is 75.5 Å². The molecule has 1 aliphatic rings. The normalized spacial score (nSPS) is 14.0. The van der Waals surface area contributed by atoms with Crippen LogP contribution in [0.15, 0.2) is 67.1 Å². The number of aromatic nitrogens is 2. The van der Waals surface area contributed by atoms with Crippen molar-refractivity contribution in [2.24, 2.45) is 0 Å². The minimum absolute atomic E-state index is 0.0267. The van der Waals surface area contributed by atoms with E-state index in [2.05, 4.69) is 20.8 Å². The average molecular weight is 574 g/mol. The SMILES string of the molecule is CB(O)NC(C)(C)C(=O)NC(COCc1ccccc1)C(=O)Nc1cn(Cc2ccccc2C(=O)N2CCCC2)cn1. The number of ether oxygens (including phenoxy) is 1. The Bertz CT molecular complexity index is 1360. The fourth-order valence-electron chi connectivity index (χ4n) is 4.86. The van der Waals surface area contributed by atoms with E-state index >= 15 is 0 Å². The lowest BCUT2D eigenvalue weighted by atomic mass is 9.83. The monoisotopic (exact) mass is 574 g/mol. The largest absolute Gasteiger partial charge is 0.437 e. The molecule has 0 radical (unpaired) electrons. The predicted octanol–water partition coefficient (Wildman–Crippen LogP) is 2.29. The molecule has 2 aromatic carbocycles. The van der Waals surface area contributed by atoms with Gasteiger partial charge in [0.05, 0.1) is 25.1 Å². The van der Waals surface area contributed by atoms with Crippen LogP contribution < -0.4 is 15.9 Å². The molecule has 0 spiro atoms. The van der Waals surface area contributed by atoms with Crippen molar-refractivity contribution in [2.45, 2.75) is 58.2 Å². The topological polar surface area (TPSA) is 138 Å². The van der Waals surface area contributed by atoms with Gasteiger partial charge < -0.3 is 35.1 Å². The molecule has 1 unspecified atom stereocenters. The molecule has 42 heavy (non-hydrogen) atoms. The summed E-state index contributed by atoms with van der Waals surface area (Å²) in [5.41, 5.74) is 1.30. The van der Waals surface area contributed by atoms with Crippen molar-refractivity contribution in [3.63, 3.8) is 0 Å². The number of likely N-dealkylation sites (tertiary alicyclic amines) is 1. The van der Waals surface area contributed by atoms with Crippen LogP contribution in [0.2, 0.25) is 6.82 Å². The van der Waals surface area contributed by atoms with Crippen LogP contribution in [0.25, 0.3) is 0 Å². The minimum Gasteiger partial charge on any atom is -0.437 e. The third kappa shape index (κ3) is 8.51. The summed E-state index contributed by atoms with van der Waals surface area (Å²) in [7, 11) is -0.924. The second-order valence-corrected chi connectivity index (χ2v) is 11.0. The molecule has 4 rings (SSSR count). The number of nitrogens with one attached hydrogen (secondary N) is 3. The molecule has 12 heteroatoms. The minimum atomic E-state index is -1.15. The molecule has 0 bridgehead atoms. The van der Waals surface area contributed by atoms with Crippen molar-refractivity contribution < 1.29 is 24.1 Å². The molecule has 0 aliphatic carbocycles. The molecule has 1 aliphatic heterocycles. The van der Waals surface area contributed by atoms with Gasteiger partial charge in [-0.15, -0.1) is 0 Å². The van der Waals surface area contributed by atoms with E-state index in [1.807, 2.05) is 59.5 Å². The Kier molecular flexibility index (Phi) is 10.5. The number of anilines is 1. The van der Waals surface area contributed by atoms with Gasteiger partial charge in [0.15, 0.2) is 5.82 Å². The summed E-state index contributed by atoms with van der Waals surface area (Å²) in [4.78, 5) is 45.6. The first-order valence-corrected chi connectivity index (χ1v) is 14.2. The molecule has 3 aromatic rings. The van der Waals surface area contributed by atoms with E-state index in [0.717, 1.165) is 37.1 Å². The number of rotatable bonds is 13. The summed E-state index contributed by atoms with van der Waals surface area (Å²) in [6.07, 6.45) is 5.30. The van der Waals surface area contributed by atoms with E-state index in [-0.39, 0.29) is 19.1 Å². The van der Waals surface area contributed by atoms with Crippen molar-refractivity contribution in [1.29, 1.82) is 0 Å². The summed E-state index contributed by atoms with van der Waals surface area (Å²) in [5, 5.41) is 18.0. The molecule has 11 nitrogen and oxygen atoms in total. The van der Waals surface area contributed by atoms with E-state index < -0.39 is 30.4 Å². The quantitative estimate of drug-likeness (QED) is 0.230. The summed E-state index contributed by atoms with van der Waals surface area (Å²) in [5.74, 6) is -0.651. The highest BCUT2D eigenvalue weighted by Gasteiger charge is 2.33. The second-order valence-electron chi connectivity index (χ2n) is 11.0. The zero-order chi connectivity index (χ0) is 30.1. The molecule has 4 N–H and O–H groups in total. The van der Waals surface area contributed by atoms with Crippen LogP contribution in [-0.2, 0) is 27.5 Å². The van der Waals surface area contributed by atoms with Crippen molar-refractivity contribution in [3.05, 3.63) is 83.8 Å². The van der Waals surface area contributed by atoms with Gasteiger partial charge in [-0.25, -0.2) is 4.98 Å². The Morgan fingerprint density at radius 3 is 2.48 bits per heavy atom. The molecular formula is C30H39BN6O5. The smallest absolute Gasteiger partial charge is 0.374 e. The van der Waals surface area contributed by atoms with Gasteiger partial charge in [-0.05, 0) is 50.7 Å². The lowest BCUT2D eigenvalue weighted by Gasteiger charge is -2.28. The van der Waals surface area contributed by atoms with Gasteiger partial charge in [-0.1, -0.05) is 48.5 Å². The first-order valence-electron chi connectivity index (χ1n) is 14.2. The number of carbonyl (C=O) groups is 3. The Balaban J connectivity index is 1.43. The Hall–Kier alpha value is -4.00. The number of hydrogen-bond donors (Lipinski definition) is 4. The summed E-state index contributed by atoms with van der Waals surface area (Å²) in [6.45, 7) is 6.87. The second kappa shape index (κ2) is 14.3. The van der Waals surface area contributed by atoms with E-state index in [0.29, 0.717) is 17.9 Å². The van der Waals surface area contributed by atoms with Gasteiger partial charge in [-0.3, -0.25) is 14.4 Å². The molecule has 1 aromatic heterocycles. The first-order chi connectivity index (χ1) is 20.1. The van der Waals surface area contributed by atoms with Crippen LogP contribution in [0.1, 0.15) is 48.2 Å². The molecular weight excluding hydrogens is 535 g/mol. The maximum absolute atomic E-state index is 13.3. The Labute approximate surface area is 246 Å². The van der Waals surface area contributed by atoms with Crippen molar-refractivity contribution in [2.75, 3.05) is 25.0 Å². The molecule has 1 atom stereocenters. The Morgan fingerprint density at radius 2 is 1.76 bits per heavy atom. The first kappa shape index (κ1) is 31.0. The number of imidazole rings is 1. The number of nitrogens with zero attached hydrogens (tertiary/aromatic N) is 3. The maximum atomic E-state index is 13.3. The average Bonchev–Trinajstić information content (AvgIpc) is 3.65. The van der Waals surface area contributed by atoms with Crippen molar-refractivity contribution in [1.82, 2.24) is 25.0 Å². The number of carbonyl (C=O) groups excluding carboxylic acids is 3. The van der Waals surface area contributed by atoms with Crippen LogP contribution in [0, 0.1) is 0 Å². The summed E-state index contributed by atoms with van der Waals surface area (Å²) in [6, 6.07) is 16.0. The van der Waals surface area contributed by atoms with Gasteiger partial charge in [0, 0.05) is 31.4 Å². The molecule has 1 fully saturated rings.